The van der Waals surface area contributed by atoms with Crippen LogP contribution in [0.25, 0.3) is 11.1 Å². The van der Waals surface area contributed by atoms with Crippen molar-refractivity contribution in [3.05, 3.63) is 58.9 Å². The van der Waals surface area contributed by atoms with Crippen molar-refractivity contribution in [2.24, 2.45) is 0 Å². The van der Waals surface area contributed by atoms with Gasteiger partial charge < -0.3 is 4.74 Å². The molecule has 0 spiro atoms. The van der Waals surface area contributed by atoms with Gasteiger partial charge >= 0.3 is 0 Å². The zero-order chi connectivity index (χ0) is 12.3. The molecule has 0 heterocycles. The fourth-order valence-electron chi connectivity index (χ4n) is 1.76. The molecule has 17 heavy (non-hydrogen) atoms. The van der Waals surface area contributed by atoms with Crippen LogP contribution in [-0.4, -0.2) is 7.11 Å². The molecule has 0 aliphatic carbocycles. The second-order valence-corrected chi connectivity index (χ2v) is 4.14. The Balaban J connectivity index is 2.49. The highest BCUT2D eigenvalue weighted by molar-refractivity contribution is 6.33. The molecule has 0 aromatic heterocycles. The summed E-state index contributed by atoms with van der Waals surface area (Å²) in [6.07, 6.45) is 0. The second kappa shape index (κ2) is 5.30. The van der Waals surface area contributed by atoms with Gasteiger partial charge in [0.1, 0.15) is 5.82 Å². The van der Waals surface area contributed by atoms with Crippen LogP contribution in [-0.2, 0) is 11.3 Å². The van der Waals surface area contributed by atoms with E-state index in [1.54, 1.807) is 19.2 Å². The van der Waals surface area contributed by atoms with Crippen molar-refractivity contribution in [1.82, 2.24) is 0 Å². The van der Waals surface area contributed by atoms with E-state index in [-0.39, 0.29) is 5.82 Å². The first kappa shape index (κ1) is 12.1. The van der Waals surface area contributed by atoms with Gasteiger partial charge in [0.15, 0.2) is 0 Å². The molecular weight excluding hydrogens is 239 g/mol. The Morgan fingerprint density at radius 2 is 1.94 bits per heavy atom. The lowest BCUT2D eigenvalue weighted by Crippen LogP contribution is -1.90. The quantitative estimate of drug-likeness (QED) is 0.790. The minimum Gasteiger partial charge on any atom is -0.380 e. The first-order valence-corrected chi connectivity index (χ1v) is 5.62. The maximum Gasteiger partial charge on any atom is 0.132 e. The minimum atomic E-state index is -0.313. The summed E-state index contributed by atoms with van der Waals surface area (Å²) in [5.74, 6) is -0.313. The molecule has 0 saturated carbocycles. The van der Waals surface area contributed by atoms with Crippen molar-refractivity contribution in [2.45, 2.75) is 6.61 Å². The maximum absolute atomic E-state index is 13.7. The van der Waals surface area contributed by atoms with Gasteiger partial charge in [-0.2, -0.15) is 0 Å². The number of hydrogen-bond acceptors (Lipinski definition) is 1. The van der Waals surface area contributed by atoms with Gasteiger partial charge in [-0.1, -0.05) is 35.9 Å². The topological polar surface area (TPSA) is 9.23 Å². The summed E-state index contributed by atoms with van der Waals surface area (Å²) in [6.45, 7) is 0.500. The molecule has 0 unspecified atom stereocenters. The van der Waals surface area contributed by atoms with Gasteiger partial charge in [-0.3, -0.25) is 0 Å². The fourth-order valence-corrected chi connectivity index (χ4v) is 2.03. The Kier molecular flexibility index (Phi) is 3.77. The Hall–Kier alpha value is -1.38. The van der Waals surface area contributed by atoms with E-state index in [4.69, 9.17) is 16.3 Å². The van der Waals surface area contributed by atoms with Crippen molar-refractivity contribution >= 4 is 11.6 Å². The normalized spacial score (nSPS) is 10.5. The number of ether oxygens (including phenoxy) is 1. The number of benzene rings is 2. The smallest absolute Gasteiger partial charge is 0.132 e. The Morgan fingerprint density at radius 1 is 1.18 bits per heavy atom. The standard InChI is InChI=1S/C14H12ClFO/c1-17-9-10-4-2-5-11(8-10)14-12(15)6-3-7-13(14)16/h2-8H,9H2,1H3. The summed E-state index contributed by atoms with van der Waals surface area (Å²) in [5.41, 5.74) is 2.19. The van der Waals surface area contributed by atoms with E-state index in [2.05, 4.69) is 0 Å². The van der Waals surface area contributed by atoms with Crippen molar-refractivity contribution in [2.75, 3.05) is 7.11 Å². The lowest BCUT2D eigenvalue weighted by Gasteiger charge is -2.08. The molecule has 0 amide bonds. The summed E-state index contributed by atoms with van der Waals surface area (Å²) in [4.78, 5) is 0. The van der Waals surface area contributed by atoms with Crippen LogP contribution in [0.15, 0.2) is 42.5 Å². The molecule has 0 bridgehead atoms. The van der Waals surface area contributed by atoms with E-state index in [1.807, 2.05) is 24.3 Å². The zero-order valence-corrected chi connectivity index (χ0v) is 10.2. The lowest BCUT2D eigenvalue weighted by molar-refractivity contribution is 0.185. The number of hydrogen-bond donors (Lipinski definition) is 0. The Labute approximate surface area is 105 Å². The van der Waals surface area contributed by atoms with Crippen LogP contribution in [0.2, 0.25) is 5.02 Å². The van der Waals surface area contributed by atoms with Crippen LogP contribution in [0.5, 0.6) is 0 Å². The van der Waals surface area contributed by atoms with Gasteiger partial charge in [0.2, 0.25) is 0 Å². The molecule has 88 valence electrons. The number of methoxy groups -OCH3 is 1. The molecule has 3 heteroatoms. The van der Waals surface area contributed by atoms with Crippen LogP contribution >= 0.6 is 11.6 Å². The van der Waals surface area contributed by atoms with Gasteiger partial charge in [-0.25, -0.2) is 4.39 Å². The summed E-state index contributed by atoms with van der Waals surface area (Å²) >= 11 is 6.02. The van der Waals surface area contributed by atoms with Gasteiger partial charge in [0, 0.05) is 12.7 Å². The van der Waals surface area contributed by atoms with Crippen LogP contribution in [0.3, 0.4) is 0 Å². The van der Waals surface area contributed by atoms with Gasteiger partial charge in [0.05, 0.1) is 11.6 Å². The molecule has 0 N–H and O–H groups in total. The maximum atomic E-state index is 13.7. The molecule has 0 atom stereocenters. The van der Waals surface area contributed by atoms with E-state index < -0.39 is 0 Å². The molecule has 1 nitrogen and oxygen atoms in total. The molecule has 0 aliphatic rings. The molecule has 0 aliphatic heterocycles. The highest BCUT2D eigenvalue weighted by Crippen LogP contribution is 2.30. The monoisotopic (exact) mass is 250 g/mol. The molecule has 0 saturated heterocycles. The molecule has 0 fully saturated rings. The first-order chi connectivity index (χ1) is 8.22. The van der Waals surface area contributed by atoms with Crippen LogP contribution in [0, 0.1) is 5.82 Å². The summed E-state index contributed by atoms with van der Waals surface area (Å²) < 4.78 is 18.8. The number of rotatable bonds is 3. The average molecular weight is 251 g/mol. The molecular formula is C14H12ClFO. The number of halogens is 2. The average Bonchev–Trinajstić information content (AvgIpc) is 2.30. The van der Waals surface area contributed by atoms with Crippen molar-refractivity contribution in [3.63, 3.8) is 0 Å². The van der Waals surface area contributed by atoms with Crippen molar-refractivity contribution < 1.29 is 9.13 Å². The summed E-state index contributed by atoms with van der Waals surface area (Å²) in [5, 5.41) is 0.416. The predicted molar refractivity (Wildman–Crippen MR) is 67.6 cm³/mol. The second-order valence-electron chi connectivity index (χ2n) is 3.73. The highest BCUT2D eigenvalue weighted by atomic mass is 35.5. The van der Waals surface area contributed by atoms with E-state index in [0.717, 1.165) is 11.1 Å². The molecule has 2 rings (SSSR count). The van der Waals surface area contributed by atoms with E-state index in [9.17, 15) is 4.39 Å². The largest absolute Gasteiger partial charge is 0.380 e. The van der Waals surface area contributed by atoms with E-state index in [1.165, 1.54) is 6.07 Å². The van der Waals surface area contributed by atoms with Gasteiger partial charge in [-0.05, 0) is 29.3 Å². The van der Waals surface area contributed by atoms with Gasteiger partial charge in [0.25, 0.3) is 0 Å². The first-order valence-electron chi connectivity index (χ1n) is 5.24. The summed E-state index contributed by atoms with van der Waals surface area (Å²) in [6, 6.07) is 12.2. The van der Waals surface area contributed by atoms with Crippen molar-refractivity contribution in [1.29, 1.82) is 0 Å². The third-order valence-corrected chi connectivity index (χ3v) is 2.80. The van der Waals surface area contributed by atoms with Crippen LogP contribution < -0.4 is 0 Å². The van der Waals surface area contributed by atoms with Crippen LogP contribution in [0.4, 0.5) is 4.39 Å². The predicted octanol–water partition coefficient (Wildman–Crippen LogP) is 4.29. The molecule has 2 aromatic carbocycles. The fraction of sp³-hybridized carbons (Fsp3) is 0.143. The molecule has 0 radical (unpaired) electrons. The third-order valence-electron chi connectivity index (χ3n) is 2.49. The Morgan fingerprint density at radius 3 is 2.65 bits per heavy atom. The SMILES string of the molecule is COCc1cccc(-c2c(F)cccc2Cl)c1. The van der Waals surface area contributed by atoms with Gasteiger partial charge in [-0.15, -0.1) is 0 Å². The zero-order valence-electron chi connectivity index (χ0n) is 9.41. The van der Waals surface area contributed by atoms with Crippen LogP contribution in [0.1, 0.15) is 5.56 Å². The van der Waals surface area contributed by atoms with Crippen molar-refractivity contribution in [3.8, 4) is 11.1 Å². The van der Waals surface area contributed by atoms with E-state index >= 15 is 0 Å². The highest BCUT2D eigenvalue weighted by Gasteiger charge is 2.09. The Bertz CT molecular complexity index is 505. The minimum absolute atomic E-state index is 0.313. The third kappa shape index (κ3) is 2.65. The molecule has 2 aromatic rings. The lowest BCUT2D eigenvalue weighted by atomic mass is 10.0. The summed E-state index contributed by atoms with van der Waals surface area (Å²) in [7, 11) is 1.63. The van der Waals surface area contributed by atoms with E-state index in [0.29, 0.717) is 17.2 Å².